The lowest BCUT2D eigenvalue weighted by Crippen LogP contribution is -2.44. The number of nitrogens with zero attached hydrogens (tertiary/aromatic N) is 2. The van der Waals surface area contributed by atoms with E-state index in [2.05, 4.69) is 50.8 Å². The molecule has 0 aliphatic carbocycles. The van der Waals surface area contributed by atoms with Gasteiger partial charge in [-0.15, -0.1) is 11.3 Å². The van der Waals surface area contributed by atoms with E-state index >= 15 is 0 Å². The highest BCUT2D eigenvalue weighted by Gasteiger charge is 2.39. The summed E-state index contributed by atoms with van der Waals surface area (Å²) in [5.41, 5.74) is 1.10. The topological polar surface area (TPSA) is 35.0 Å². The first-order valence-corrected chi connectivity index (χ1v) is 10.5. The number of thiazole rings is 1. The first-order valence-electron chi connectivity index (χ1n) is 6.77. The summed E-state index contributed by atoms with van der Waals surface area (Å²) in [6, 6.07) is 3.96. The summed E-state index contributed by atoms with van der Waals surface area (Å²) in [6.45, 7) is 13.3. The minimum Gasteiger partial charge on any atom is -0.530 e. The average molecular weight is 307 g/mol. The molecule has 0 amide bonds. The van der Waals surface area contributed by atoms with Crippen LogP contribution in [0.15, 0.2) is 24.5 Å². The Balaban J connectivity index is 2.30. The molecule has 0 aliphatic heterocycles. The van der Waals surface area contributed by atoms with Gasteiger partial charge in [-0.3, -0.25) is 4.98 Å². The summed E-state index contributed by atoms with van der Waals surface area (Å²) in [5, 5.41) is 1.18. The Bertz CT molecular complexity index is 588. The van der Waals surface area contributed by atoms with E-state index in [4.69, 9.17) is 4.43 Å². The molecule has 2 aromatic rings. The highest BCUT2D eigenvalue weighted by Crippen LogP contribution is 2.40. The van der Waals surface area contributed by atoms with Crippen LogP contribution in [0.5, 0.6) is 5.88 Å². The van der Waals surface area contributed by atoms with E-state index < -0.39 is 8.32 Å². The number of hydrogen-bond acceptors (Lipinski definition) is 4. The van der Waals surface area contributed by atoms with Crippen LogP contribution in [-0.4, -0.2) is 18.3 Å². The highest BCUT2D eigenvalue weighted by atomic mass is 32.1. The van der Waals surface area contributed by atoms with Crippen molar-refractivity contribution < 1.29 is 4.43 Å². The number of rotatable bonds is 3. The van der Waals surface area contributed by atoms with Gasteiger partial charge in [0.2, 0.25) is 5.88 Å². The predicted molar refractivity (Wildman–Crippen MR) is 87.9 cm³/mol. The molecule has 5 heteroatoms. The molecule has 108 valence electrons. The summed E-state index contributed by atoms with van der Waals surface area (Å²) in [6.07, 6.45) is 3.58. The van der Waals surface area contributed by atoms with Crippen molar-refractivity contribution in [1.29, 1.82) is 0 Å². The van der Waals surface area contributed by atoms with Crippen LogP contribution in [-0.2, 0) is 0 Å². The maximum atomic E-state index is 6.32. The Morgan fingerprint density at radius 1 is 1.15 bits per heavy atom. The zero-order valence-corrected chi connectivity index (χ0v) is 14.8. The van der Waals surface area contributed by atoms with Gasteiger partial charge in [-0.2, -0.15) is 0 Å². The molecular formula is C15H22N2OSSi. The van der Waals surface area contributed by atoms with Crippen LogP contribution in [0, 0.1) is 6.92 Å². The average Bonchev–Trinajstić information content (AvgIpc) is 2.70. The van der Waals surface area contributed by atoms with E-state index in [1.807, 2.05) is 12.1 Å². The second-order valence-corrected chi connectivity index (χ2v) is 12.4. The van der Waals surface area contributed by atoms with E-state index in [-0.39, 0.29) is 5.04 Å². The van der Waals surface area contributed by atoms with Gasteiger partial charge >= 0.3 is 0 Å². The van der Waals surface area contributed by atoms with Crippen molar-refractivity contribution in [3.05, 3.63) is 29.4 Å². The zero-order chi connectivity index (χ0) is 15.0. The molecule has 0 radical (unpaired) electrons. The van der Waals surface area contributed by atoms with Crippen molar-refractivity contribution >= 4 is 19.7 Å². The molecule has 2 heterocycles. The monoisotopic (exact) mass is 306 g/mol. The standard InChI is InChI=1S/C15H22N2OSSi/c1-11-13(18-20(5,6)15(2,3)4)17-14(19-11)12-7-9-16-10-8-12/h7-10H,1-6H3. The lowest BCUT2D eigenvalue weighted by molar-refractivity contribution is 0.477. The van der Waals surface area contributed by atoms with Crippen molar-refractivity contribution in [3.63, 3.8) is 0 Å². The Morgan fingerprint density at radius 2 is 1.75 bits per heavy atom. The number of aryl methyl sites for hydroxylation is 1. The smallest absolute Gasteiger partial charge is 0.252 e. The molecule has 0 unspecified atom stereocenters. The lowest BCUT2D eigenvalue weighted by Gasteiger charge is -2.35. The number of hydrogen-bond donors (Lipinski definition) is 0. The Morgan fingerprint density at radius 3 is 2.30 bits per heavy atom. The molecule has 3 nitrogen and oxygen atoms in total. The van der Waals surface area contributed by atoms with Gasteiger partial charge in [0.15, 0.2) is 0 Å². The minimum atomic E-state index is -1.83. The first-order chi connectivity index (χ1) is 9.21. The quantitative estimate of drug-likeness (QED) is 0.757. The Kier molecular flexibility index (Phi) is 4.02. The Hall–Kier alpha value is -1.20. The van der Waals surface area contributed by atoms with E-state index in [9.17, 15) is 0 Å². The first kappa shape index (κ1) is 15.2. The van der Waals surface area contributed by atoms with E-state index in [0.717, 1.165) is 21.3 Å². The van der Waals surface area contributed by atoms with Gasteiger partial charge < -0.3 is 4.43 Å². The molecule has 2 aromatic heterocycles. The van der Waals surface area contributed by atoms with Gasteiger partial charge in [0.05, 0.1) is 4.88 Å². The van der Waals surface area contributed by atoms with Gasteiger partial charge in [-0.05, 0) is 37.2 Å². The summed E-state index contributed by atoms with van der Waals surface area (Å²) in [4.78, 5) is 9.87. The molecule has 0 fully saturated rings. The van der Waals surface area contributed by atoms with Gasteiger partial charge in [0.25, 0.3) is 8.32 Å². The highest BCUT2D eigenvalue weighted by molar-refractivity contribution is 7.15. The van der Waals surface area contributed by atoms with Gasteiger partial charge in [-0.25, -0.2) is 4.98 Å². The minimum absolute atomic E-state index is 0.180. The van der Waals surface area contributed by atoms with Crippen molar-refractivity contribution in [1.82, 2.24) is 9.97 Å². The van der Waals surface area contributed by atoms with Crippen LogP contribution < -0.4 is 4.43 Å². The Labute approximate surface area is 126 Å². The number of pyridine rings is 1. The van der Waals surface area contributed by atoms with Crippen molar-refractivity contribution in [3.8, 4) is 16.5 Å². The molecule has 0 saturated carbocycles. The molecule has 0 spiro atoms. The van der Waals surface area contributed by atoms with E-state index in [1.165, 1.54) is 0 Å². The molecule has 20 heavy (non-hydrogen) atoms. The van der Waals surface area contributed by atoms with Gasteiger partial charge in [0, 0.05) is 18.0 Å². The predicted octanol–water partition coefficient (Wildman–Crippen LogP) is 4.90. The largest absolute Gasteiger partial charge is 0.530 e. The summed E-state index contributed by atoms with van der Waals surface area (Å²) in [7, 11) is -1.83. The maximum absolute atomic E-state index is 6.32. The van der Waals surface area contributed by atoms with Crippen LogP contribution in [0.1, 0.15) is 25.6 Å². The molecule has 0 N–H and O–H groups in total. The third-order valence-electron chi connectivity index (χ3n) is 3.84. The zero-order valence-electron chi connectivity index (χ0n) is 13.0. The third-order valence-corrected chi connectivity index (χ3v) is 9.16. The van der Waals surface area contributed by atoms with Crippen LogP contribution in [0.3, 0.4) is 0 Å². The molecule has 2 rings (SSSR count). The molecule has 0 bridgehead atoms. The van der Waals surface area contributed by atoms with Crippen molar-refractivity contribution in [2.75, 3.05) is 0 Å². The maximum Gasteiger partial charge on any atom is 0.252 e. The van der Waals surface area contributed by atoms with Crippen LogP contribution >= 0.6 is 11.3 Å². The fraction of sp³-hybridized carbons (Fsp3) is 0.467. The SMILES string of the molecule is Cc1sc(-c2ccncc2)nc1O[Si](C)(C)C(C)(C)C. The molecule has 0 saturated heterocycles. The normalized spacial score (nSPS) is 12.5. The molecule has 0 aliphatic rings. The van der Waals surface area contributed by atoms with Crippen molar-refractivity contribution in [2.45, 2.75) is 45.8 Å². The summed E-state index contributed by atoms with van der Waals surface area (Å²) < 4.78 is 6.32. The van der Waals surface area contributed by atoms with E-state index in [0.29, 0.717) is 0 Å². The van der Waals surface area contributed by atoms with Crippen molar-refractivity contribution in [2.24, 2.45) is 0 Å². The number of aromatic nitrogens is 2. The fourth-order valence-electron chi connectivity index (χ4n) is 1.49. The molecule has 0 aromatic carbocycles. The third kappa shape index (κ3) is 3.10. The lowest BCUT2D eigenvalue weighted by atomic mass is 10.2. The van der Waals surface area contributed by atoms with E-state index in [1.54, 1.807) is 23.7 Å². The molecular weight excluding hydrogens is 284 g/mol. The van der Waals surface area contributed by atoms with Crippen LogP contribution in [0.4, 0.5) is 0 Å². The fourth-order valence-corrected chi connectivity index (χ4v) is 3.40. The van der Waals surface area contributed by atoms with Crippen LogP contribution in [0.2, 0.25) is 18.1 Å². The molecule has 0 atom stereocenters. The summed E-state index contributed by atoms with van der Waals surface area (Å²) in [5.74, 6) is 0.799. The summed E-state index contributed by atoms with van der Waals surface area (Å²) >= 11 is 1.68. The van der Waals surface area contributed by atoms with Crippen LogP contribution in [0.25, 0.3) is 10.6 Å². The van der Waals surface area contributed by atoms with Gasteiger partial charge in [0.1, 0.15) is 5.01 Å². The van der Waals surface area contributed by atoms with Gasteiger partial charge in [-0.1, -0.05) is 20.8 Å². The second kappa shape index (κ2) is 5.29. The second-order valence-electron chi connectivity index (χ2n) is 6.48.